The van der Waals surface area contributed by atoms with Crippen LogP contribution in [-0.4, -0.2) is 33.0 Å². The van der Waals surface area contributed by atoms with E-state index in [4.69, 9.17) is 14.2 Å². The van der Waals surface area contributed by atoms with Crippen LogP contribution in [0.3, 0.4) is 0 Å². The standard InChI is InChI=1S/C17H26BrNO3.ClH/c1-5-8-22-17-15(18)10-14(11-16(17)20-4)12-19-7-6-9-21-13(2)3;/h5,10-11,13,19H,1,6-9,12H2,2-4H3;1H. The van der Waals surface area contributed by atoms with Gasteiger partial charge < -0.3 is 19.5 Å². The molecule has 0 aliphatic heterocycles. The second kappa shape index (κ2) is 12.6. The maximum Gasteiger partial charge on any atom is 0.175 e. The van der Waals surface area contributed by atoms with Crippen LogP contribution in [0.15, 0.2) is 29.3 Å². The van der Waals surface area contributed by atoms with E-state index in [0.29, 0.717) is 18.5 Å². The number of hydrogen-bond acceptors (Lipinski definition) is 4. The zero-order chi connectivity index (χ0) is 16.4. The normalized spacial score (nSPS) is 10.3. The molecule has 0 fully saturated rings. The minimum Gasteiger partial charge on any atom is -0.493 e. The fraction of sp³-hybridized carbons (Fsp3) is 0.529. The first-order valence-corrected chi connectivity index (χ1v) is 8.30. The number of rotatable bonds is 11. The van der Waals surface area contributed by atoms with Gasteiger partial charge in [0.15, 0.2) is 11.5 Å². The summed E-state index contributed by atoms with van der Waals surface area (Å²) in [5.41, 5.74) is 1.14. The highest BCUT2D eigenvalue weighted by molar-refractivity contribution is 9.10. The van der Waals surface area contributed by atoms with Crippen LogP contribution in [0.4, 0.5) is 0 Å². The summed E-state index contributed by atoms with van der Waals surface area (Å²) >= 11 is 3.53. The first-order valence-electron chi connectivity index (χ1n) is 7.51. The number of nitrogens with one attached hydrogen (secondary N) is 1. The summed E-state index contributed by atoms with van der Waals surface area (Å²) in [5, 5.41) is 3.40. The molecule has 1 N–H and O–H groups in total. The van der Waals surface area contributed by atoms with Crippen LogP contribution >= 0.6 is 28.3 Å². The molecular weight excluding hydrogens is 382 g/mol. The van der Waals surface area contributed by atoms with Gasteiger partial charge in [-0.1, -0.05) is 12.7 Å². The van der Waals surface area contributed by atoms with Crippen LogP contribution in [-0.2, 0) is 11.3 Å². The van der Waals surface area contributed by atoms with Gasteiger partial charge in [-0.05, 0) is 60.4 Å². The molecule has 0 saturated heterocycles. The second-order valence-electron chi connectivity index (χ2n) is 5.16. The number of hydrogen-bond donors (Lipinski definition) is 1. The van der Waals surface area contributed by atoms with Gasteiger partial charge in [-0.2, -0.15) is 0 Å². The molecule has 1 rings (SSSR count). The monoisotopic (exact) mass is 407 g/mol. The van der Waals surface area contributed by atoms with Crippen molar-refractivity contribution in [2.24, 2.45) is 0 Å². The average molecular weight is 409 g/mol. The Morgan fingerprint density at radius 3 is 2.70 bits per heavy atom. The van der Waals surface area contributed by atoms with Crippen LogP contribution < -0.4 is 14.8 Å². The molecule has 0 unspecified atom stereocenters. The predicted octanol–water partition coefficient (Wildman–Crippen LogP) is 4.35. The number of halogens is 2. The zero-order valence-electron chi connectivity index (χ0n) is 14.1. The van der Waals surface area contributed by atoms with E-state index < -0.39 is 0 Å². The SMILES string of the molecule is C=CCOc1c(Br)cc(CNCCCOC(C)C)cc1OC.Cl. The van der Waals surface area contributed by atoms with Gasteiger partial charge in [0.1, 0.15) is 6.61 Å². The second-order valence-corrected chi connectivity index (χ2v) is 6.01. The van der Waals surface area contributed by atoms with Gasteiger partial charge in [-0.25, -0.2) is 0 Å². The van der Waals surface area contributed by atoms with Gasteiger partial charge in [-0.3, -0.25) is 0 Å². The van der Waals surface area contributed by atoms with E-state index in [0.717, 1.165) is 41.9 Å². The molecule has 4 nitrogen and oxygen atoms in total. The molecule has 0 saturated carbocycles. The number of ether oxygens (including phenoxy) is 3. The van der Waals surface area contributed by atoms with Crippen molar-refractivity contribution < 1.29 is 14.2 Å². The third-order valence-corrected chi connectivity index (χ3v) is 3.50. The van der Waals surface area contributed by atoms with Crippen molar-refractivity contribution in [3.05, 3.63) is 34.8 Å². The summed E-state index contributed by atoms with van der Waals surface area (Å²) in [7, 11) is 1.64. The molecule has 0 bridgehead atoms. The molecule has 1 aromatic rings. The van der Waals surface area contributed by atoms with Crippen LogP contribution in [0.2, 0.25) is 0 Å². The zero-order valence-corrected chi connectivity index (χ0v) is 16.5. The van der Waals surface area contributed by atoms with E-state index in [9.17, 15) is 0 Å². The van der Waals surface area contributed by atoms with Crippen molar-refractivity contribution >= 4 is 28.3 Å². The van der Waals surface area contributed by atoms with E-state index in [2.05, 4.69) is 27.8 Å². The Morgan fingerprint density at radius 2 is 2.09 bits per heavy atom. The summed E-state index contributed by atoms with van der Waals surface area (Å²) in [5.74, 6) is 1.42. The molecule has 0 aromatic heterocycles. The van der Waals surface area contributed by atoms with Gasteiger partial charge in [0.2, 0.25) is 0 Å². The van der Waals surface area contributed by atoms with Gasteiger partial charge in [0.05, 0.1) is 17.7 Å². The highest BCUT2D eigenvalue weighted by Gasteiger charge is 2.11. The summed E-state index contributed by atoms with van der Waals surface area (Å²) in [6.07, 6.45) is 3.00. The summed E-state index contributed by atoms with van der Waals surface area (Å²) in [6.45, 7) is 10.7. The fourth-order valence-corrected chi connectivity index (χ4v) is 2.51. The highest BCUT2D eigenvalue weighted by atomic mass is 79.9. The quantitative estimate of drug-likeness (QED) is 0.436. The van der Waals surface area contributed by atoms with Crippen LogP contribution in [0.5, 0.6) is 11.5 Å². The van der Waals surface area contributed by atoms with Gasteiger partial charge in [-0.15, -0.1) is 12.4 Å². The Kier molecular flexibility index (Phi) is 12.2. The largest absolute Gasteiger partial charge is 0.493 e. The van der Waals surface area contributed by atoms with Crippen LogP contribution in [0, 0.1) is 0 Å². The molecule has 0 aliphatic rings. The fourth-order valence-electron chi connectivity index (χ4n) is 1.91. The lowest BCUT2D eigenvalue weighted by Gasteiger charge is -2.14. The highest BCUT2D eigenvalue weighted by Crippen LogP contribution is 2.36. The minimum absolute atomic E-state index is 0. The first-order chi connectivity index (χ1) is 10.6. The third kappa shape index (κ3) is 8.61. The molecule has 0 heterocycles. The predicted molar refractivity (Wildman–Crippen MR) is 101 cm³/mol. The van der Waals surface area contributed by atoms with Crippen molar-refractivity contribution in [2.45, 2.75) is 32.9 Å². The Hall–Kier alpha value is -0.750. The Morgan fingerprint density at radius 1 is 1.35 bits per heavy atom. The molecule has 1 aromatic carbocycles. The number of benzene rings is 1. The lowest BCUT2D eigenvalue weighted by molar-refractivity contribution is 0.0770. The third-order valence-electron chi connectivity index (χ3n) is 2.91. The Balaban J connectivity index is 0.00000484. The Labute approximate surface area is 154 Å². The molecule has 132 valence electrons. The first kappa shape index (κ1) is 22.2. The minimum atomic E-state index is 0. The van der Waals surface area contributed by atoms with Crippen molar-refractivity contribution in [1.29, 1.82) is 0 Å². The average Bonchev–Trinajstić information content (AvgIpc) is 2.48. The molecule has 0 radical (unpaired) electrons. The lowest BCUT2D eigenvalue weighted by atomic mass is 10.2. The van der Waals surface area contributed by atoms with Gasteiger partial charge in [0.25, 0.3) is 0 Å². The molecule has 0 spiro atoms. The summed E-state index contributed by atoms with van der Waals surface area (Å²) < 4.78 is 17.4. The lowest BCUT2D eigenvalue weighted by Crippen LogP contribution is -2.17. The van der Waals surface area contributed by atoms with Crippen molar-refractivity contribution in [3.63, 3.8) is 0 Å². The topological polar surface area (TPSA) is 39.7 Å². The molecule has 23 heavy (non-hydrogen) atoms. The maximum absolute atomic E-state index is 5.62. The van der Waals surface area contributed by atoms with Crippen LogP contribution in [0.1, 0.15) is 25.8 Å². The maximum atomic E-state index is 5.62. The van der Waals surface area contributed by atoms with E-state index in [1.165, 1.54) is 0 Å². The summed E-state index contributed by atoms with van der Waals surface area (Å²) in [4.78, 5) is 0. The summed E-state index contributed by atoms with van der Waals surface area (Å²) in [6, 6.07) is 4.03. The van der Waals surface area contributed by atoms with Crippen molar-refractivity contribution in [2.75, 3.05) is 26.9 Å². The van der Waals surface area contributed by atoms with Crippen LogP contribution in [0.25, 0.3) is 0 Å². The van der Waals surface area contributed by atoms with Crippen molar-refractivity contribution in [1.82, 2.24) is 5.32 Å². The number of methoxy groups -OCH3 is 1. The molecule has 0 amide bonds. The van der Waals surface area contributed by atoms with E-state index in [1.54, 1.807) is 13.2 Å². The smallest absolute Gasteiger partial charge is 0.175 e. The molecule has 6 heteroatoms. The van der Waals surface area contributed by atoms with E-state index >= 15 is 0 Å². The van der Waals surface area contributed by atoms with E-state index in [1.807, 2.05) is 26.0 Å². The van der Waals surface area contributed by atoms with Crippen molar-refractivity contribution in [3.8, 4) is 11.5 Å². The molecule has 0 aliphatic carbocycles. The Bertz CT molecular complexity index is 469. The molecular formula is C17H27BrClNO3. The molecule has 0 atom stereocenters. The van der Waals surface area contributed by atoms with E-state index in [-0.39, 0.29) is 12.4 Å². The van der Waals surface area contributed by atoms with Gasteiger partial charge >= 0.3 is 0 Å². The van der Waals surface area contributed by atoms with Gasteiger partial charge in [0, 0.05) is 13.2 Å².